The van der Waals surface area contributed by atoms with E-state index in [2.05, 4.69) is 12.0 Å². The summed E-state index contributed by atoms with van der Waals surface area (Å²) in [6.07, 6.45) is 11.9. The summed E-state index contributed by atoms with van der Waals surface area (Å²) < 4.78 is 15.5. The van der Waals surface area contributed by atoms with Crippen molar-refractivity contribution in [3.05, 3.63) is 30.2 Å². The van der Waals surface area contributed by atoms with E-state index in [-0.39, 0.29) is 29.5 Å². The van der Waals surface area contributed by atoms with Gasteiger partial charge in [0, 0.05) is 11.3 Å². The Kier molecular flexibility index (Phi) is 5.03. The Morgan fingerprint density at radius 1 is 1.09 bits per heavy atom. The molecule has 178 valence electrons. The van der Waals surface area contributed by atoms with Crippen molar-refractivity contribution in [2.24, 2.45) is 40.9 Å². The summed E-state index contributed by atoms with van der Waals surface area (Å²) in [5.74, 6) is 3.69. The largest absolute Gasteiger partial charge is 0.390 e. The number of Topliss-reactive ketones (excluding diaryl/α,β-unsaturated/α-hetero) is 1. The predicted octanol–water partition coefficient (Wildman–Crippen LogP) is 5.76. The molecule has 33 heavy (non-hydrogen) atoms. The number of fused-ring (bicyclic) bond motifs is 6. The van der Waals surface area contributed by atoms with Crippen LogP contribution in [0.15, 0.2) is 24.4 Å². The van der Waals surface area contributed by atoms with E-state index >= 15 is 0 Å². The Labute approximate surface area is 195 Å². The maximum atomic E-state index is 13.8. The lowest BCUT2D eigenvalue weighted by atomic mass is 9.49. The number of carbonyl (C=O) groups is 1. The highest BCUT2D eigenvalue weighted by molar-refractivity contribution is 5.85. The topological polar surface area (TPSA) is 55.1 Å². The molecular formula is C28H37FN2O2. The molecule has 1 heterocycles. The monoisotopic (exact) mass is 452 g/mol. The van der Waals surface area contributed by atoms with E-state index in [0.717, 1.165) is 55.2 Å². The van der Waals surface area contributed by atoms with Crippen molar-refractivity contribution in [1.29, 1.82) is 0 Å². The second-order valence-corrected chi connectivity index (χ2v) is 12.3. The zero-order valence-corrected chi connectivity index (χ0v) is 20.0. The normalized spacial score (nSPS) is 42.5. The van der Waals surface area contributed by atoms with Gasteiger partial charge in [0.15, 0.2) is 5.78 Å². The summed E-state index contributed by atoms with van der Waals surface area (Å²) in [5, 5.41) is 15.9. The number of halogens is 1. The van der Waals surface area contributed by atoms with E-state index < -0.39 is 5.60 Å². The molecule has 0 amide bonds. The molecule has 0 aliphatic heterocycles. The van der Waals surface area contributed by atoms with Crippen molar-refractivity contribution >= 4 is 16.7 Å². The molecule has 0 bridgehead atoms. The minimum Gasteiger partial charge on any atom is -0.390 e. The summed E-state index contributed by atoms with van der Waals surface area (Å²) in [5.41, 5.74) is 0.319. The van der Waals surface area contributed by atoms with E-state index in [9.17, 15) is 14.3 Å². The highest BCUT2D eigenvalue weighted by Crippen LogP contribution is 2.64. The minimum absolute atomic E-state index is 0.0828. The standard InChI is InChI=1S/C28H37FN2O2/c1-27(33)11-9-20-17(14-27)4-6-22-21(20)10-12-28(2)23(22)7-8-24(28)26(32)16-31-25-13-19(29)5-3-18(25)15-30-31/h3,5,13,15,17,20-24,33H,4,6-12,14,16H2,1-2H3. The molecule has 6 rings (SSSR count). The number of aliphatic hydroxyl groups is 1. The van der Waals surface area contributed by atoms with Gasteiger partial charge >= 0.3 is 0 Å². The third-order valence-electron chi connectivity index (χ3n) is 10.5. The van der Waals surface area contributed by atoms with Gasteiger partial charge in [-0.25, -0.2) is 4.39 Å². The lowest BCUT2D eigenvalue weighted by Crippen LogP contribution is -2.51. The summed E-state index contributed by atoms with van der Waals surface area (Å²) >= 11 is 0. The fourth-order valence-electron chi connectivity index (χ4n) is 9.04. The first-order valence-electron chi connectivity index (χ1n) is 13.1. The molecule has 0 saturated heterocycles. The predicted molar refractivity (Wildman–Crippen MR) is 126 cm³/mol. The van der Waals surface area contributed by atoms with Gasteiger partial charge in [0.1, 0.15) is 12.4 Å². The lowest BCUT2D eigenvalue weighted by molar-refractivity contribution is -0.133. The highest BCUT2D eigenvalue weighted by Gasteiger charge is 2.58. The maximum absolute atomic E-state index is 13.8. The van der Waals surface area contributed by atoms with Crippen molar-refractivity contribution in [3.63, 3.8) is 0 Å². The quantitative estimate of drug-likeness (QED) is 0.644. The molecular weight excluding hydrogens is 415 g/mol. The molecule has 4 aliphatic carbocycles. The smallest absolute Gasteiger partial charge is 0.157 e. The first kappa shape index (κ1) is 21.8. The molecule has 4 nitrogen and oxygen atoms in total. The molecule has 4 aliphatic rings. The van der Waals surface area contributed by atoms with Crippen LogP contribution in [0.5, 0.6) is 0 Å². The van der Waals surface area contributed by atoms with Crippen molar-refractivity contribution in [1.82, 2.24) is 9.78 Å². The third kappa shape index (κ3) is 3.48. The van der Waals surface area contributed by atoms with Crippen LogP contribution in [0, 0.1) is 46.7 Å². The van der Waals surface area contributed by atoms with Crippen LogP contribution in [0.25, 0.3) is 10.9 Å². The molecule has 1 aromatic carbocycles. The number of aromatic nitrogens is 2. The highest BCUT2D eigenvalue weighted by atomic mass is 19.1. The molecule has 0 radical (unpaired) electrons. The number of rotatable bonds is 3. The number of carbonyl (C=O) groups excluding carboxylic acids is 1. The SMILES string of the molecule is CC1(O)CCC2C(CCC3C2CCC2(C)C(C(=O)Cn4ncc5ccc(F)cc54)CCC32)C1. The van der Waals surface area contributed by atoms with Gasteiger partial charge in [0.25, 0.3) is 0 Å². The zero-order valence-electron chi connectivity index (χ0n) is 20.0. The van der Waals surface area contributed by atoms with Crippen LogP contribution in [0.2, 0.25) is 0 Å². The van der Waals surface area contributed by atoms with Gasteiger partial charge in [-0.15, -0.1) is 0 Å². The van der Waals surface area contributed by atoms with Gasteiger partial charge in [-0.2, -0.15) is 5.10 Å². The van der Waals surface area contributed by atoms with Gasteiger partial charge in [0.2, 0.25) is 0 Å². The average molecular weight is 453 g/mol. The fourth-order valence-corrected chi connectivity index (χ4v) is 9.04. The second kappa shape index (κ2) is 7.63. The van der Waals surface area contributed by atoms with E-state index in [1.165, 1.54) is 37.8 Å². The Balaban J connectivity index is 1.20. The van der Waals surface area contributed by atoms with Gasteiger partial charge < -0.3 is 5.11 Å². The fraction of sp³-hybridized carbons (Fsp3) is 0.714. The Morgan fingerprint density at radius 3 is 2.76 bits per heavy atom. The molecule has 4 saturated carbocycles. The summed E-state index contributed by atoms with van der Waals surface area (Å²) in [6.45, 7) is 4.66. The summed E-state index contributed by atoms with van der Waals surface area (Å²) in [6, 6.07) is 4.66. The van der Waals surface area contributed by atoms with E-state index in [1.807, 2.05) is 6.92 Å². The van der Waals surface area contributed by atoms with Crippen LogP contribution in [0.3, 0.4) is 0 Å². The number of ketones is 1. The Hall–Kier alpha value is -1.75. The van der Waals surface area contributed by atoms with Crippen molar-refractivity contribution in [2.75, 3.05) is 0 Å². The van der Waals surface area contributed by atoms with Gasteiger partial charge in [-0.05, 0) is 118 Å². The number of hydrogen-bond donors (Lipinski definition) is 1. The Bertz CT molecular complexity index is 1080. The molecule has 0 spiro atoms. The van der Waals surface area contributed by atoms with E-state index in [1.54, 1.807) is 16.9 Å². The van der Waals surface area contributed by atoms with Crippen LogP contribution in [0.4, 0.5) is 4.39 Å². The van der Waals surface area contributed by atoms with Crippen molar-refractivity contribution in [3.8, 4) is 0 Å². The number of nitrogens with zero attached hydrogens (tertiary/aromatic N) is 2. The number of benzene rings is 1. The molecule has 8 atom stereocenters. The van der Waals surface area contributed by atoms with Gasteiger partial charge in [0.05, 0.1) is 17.3 Å². The molecule has 1 aromatic heterocycles. The van der Waals surface area contributed by atoms with E-state index in [0.29, 0.717) is 17.4 Å². The zero-order chi connectivity index (χ0) is 23.0. The van der Waals surface area contributed by atoms with Crippen LogP contribution >= 0.6 is 0 Å². The van der Waals surface area contributed by atoms with Crippen LogP contribution < -0.4 is 0 Å². The first-order chi connectivity index (χ1) is 15.7. The molecule has 2 aromatic rings. The average Bonchev–Trinajstić information content (AvgIpc) is 3.33. The van der Waals surface area contributed by atoms with Crippen molar-refractivity contribution < 1.29 is 14.3 Å². The summed E-state index contributed by atoms with van der Waals surface area (Å²) in [7, 11) is 0. The van der Waals surface area contributed by atoms with E-state index in [4.69, 9.17) is 0 Å². The summed E-state index contributed by atoms with van der Waals surface area (Å²) in [4.78, 5) is 13.6. The van der Waals surface area contributed by atoms with Crippen molar-refractivity contribution in [2.45, 2.75) is 83.8 Å². The first-order valence-corrected chi connectivity index (χ1v) is 13.1. The maximum Gasteiger partial charge on any atom is 0.157 e. The number of hydrogen-bond acceptors (Lipinski definition) is 3. The van der Waals surface area contributed by atoms with Gasteiger partial charge in [-0.1, -0.05) is 6.92 Å². The van der Waals surface area contributed by atoms with Crippen LogP contribution in [-0.2, 0) is 11.3 Å². The molecule has 1 N–H and O–H groups in total. The minimum atomic E-state index is -0.471. The van der Waals surface area contributed by atoms with Crippen LogP contribution in [0.1, 0.15) is 71.6 Å². The second-order valence-electron chi connectivity index (χ2n) is 12.3. The van der Waals surface area contributed by atoms with Crippen LogP contribution in [-0.4, -0.2) is 26.3 Å². The molecule has 4 fully saturated rings. The third-order valence-corrected chi connectivity index (χ3v) is 10.5. The molecule has 8 unspecified atom stereocenters. The Morgan fingerprint density at radius 2 is 1.91 bits per heavy atom. The molecule has 5 heteroatoms. The lowest BCUT2D eigenvalue weighted by Gasteiger charge is -2.56. The van der Waals surface area contributed by atoms with Gasteiger partial charge in [-0.3, -0.25) is 9.48 Å².